The van der Waals surface area contributed by atoms with Crippen molar-refractivity contribution in [2.75, 3.05) is 6.54 Å². The summed E-state index contributed by atoms with van der Waals surface area (Å²) in [5, 5.41) is 26.3. The number of nitriles is 2. The second-order valence-corrected chi connectivity index (χ2v) is 6.91. The Morgan fingerprint density at radius 3 is 2.83 bits per heavy atom. The van der Waals surface area contributed by atoms with E-state index < -0.39 is 0 Å². The average Bonchev–Trinajstić information content (AvgIpc) is 3.40. The molecule has 3 heterocycles. The molecule has 0 aliphatic carbocycles. The highest BCUT2D eigenvalue weighted by Crippen LogP contribution is 2.23. The molecule has 1 atom stereocenters. The third kappa shape index (κ3) is 4.89. The quantitative estimate of drug-likeness (QED) is 0.548. The van der Waals surface area contributed by atoms with Crippen LogP contribution < -0.4 is 5.73 Å². The molecule has 152 valence electrons. The van der Waals surface area contributed by atoms with Crippen LogP contribution >= 0.6 is 0 Å². The van der Waals surface area contributed by atoms with Gasteiger partial charge in [-0.1, -0.05) is 0 Å². The van der Waals surface area contributed by atoms with Gasteiger partial charge in [0.05, 0.1) is 47.6 Å². The van der Waals surface area contributed by atoms with Gasteiger partial charge in [-0.2, -0.15) is 20.7 Å². The molecule has 9 heteroatoms. The lowest BCUT2D eigenvalue weighted by molar-refractivity contribution is 0.473. The van der Waals surface area contributed by atoms with Crippen LogP contribution in [0.5, 0.6) is 0 Å². The number of hydrogen-bond donors (Lipinski definition) is 1. The van der Waals surface area contributed by atoms with E-state index in [1.807, 2.05) is 25.5 Å². The van der Waals surface area contributed by atoms with E-state index in [2.05, 4.69) is 27.3 Å². The number of aromatic nitrogens is 5. The molecular formula is C21H23N9. The number of rotatable bonds is 9. The molecule has 0 radical (unpaired) electrons. The van der Waals surface area contributed by atoms with Crippen LogP contribution in [0.4, 0.5) is 0 Å². The number of allylic oxidation sites excluding steroid dienone is 1. The van der Waals surface area contributed by atoms with E-state index in [0.29, 0.717) is 37.1 Å². The Hall–Kier alpha value is -3.98. The van der Waals surface area contributed by atoms with Crippen LogP contribution in [0.3, 0.4) is 0 Å². The van der Waals surface area contributed by atoms with Crippen molar-refractivity contribution in [3.63, 3.8) is 0 Å². The molecule has 3 rings (SSSR count). The molecule has 3 aromatic heterocycles. The van der Waals surface area contributed by atoms with Crippen molar-refractivity contribution >= 4 is 17.3 Å². The maximum Gasteiger partial charge on any atom is 0.0997 e. The molecule has 0 saturated heterocycles. The molecule has 0 aromatic carbocycles. The van der Waals surface area contributed by atoms with Crippen LogP contribution in [-0.4, -0.2) is 37.1 Å². The number of nitrogens with zero attached hydrogens (tertiary/aromatic N) is 8. The summed E-state index contributed by atoms with van der Waals surface area (Å²) in [4.78, 5) is 9.27. The van der Waals surface area contributed by atoms with E-state index in [0.717, 1.165) is 23.2 Å². The summed E-state index contributed by atoms with van der Waals surface area (Å²) in [6.07, 6.45) is 12.7. The van der Waals surface area contributed by atoms with Crippen LogP contribution in [-0.2, 0) is 7.05 Å². The Bertz CT molecular complexity index is 1140. The Morgan fingerprint density at radius 1 is 1.27 bits per heavy atom. The first-order valence-corrected chi connectivity index (χ1v) is 9.65. The predicted molar refractivity (Wildman–Crippen MR) is 114 cm³/mol. The van der Waals surface area contributed by atoms with Crippen molar-refractivity contribution < 1.29 is 0 Å². The van der Waals surface area contributed by atoms with Crippen LogP contribution in [0.15, 0.2) is 42.0 Å². The molecule has 0 saturated carbocycles. The largest absolute Gasteiger partial charge is 0.404 e. The molecule has 0 fully saturated rings. The highest BCUT2D eigenvalue weighted by atomic mass is 15.2. The number of aliphatic imine (C=N–C) groups is 1. The molecular weight excluding hydrogens is 378 g/mol. The lowest BCUT2D eigenvalue weighted by Gasteiger charge is -2.10. The molecule has 0 aliphatic heterocycles. The van der Waals surface area contributed by atoms with Gasteiger partial charge >= 0.3 is 0 Å². The van der Waals surface area contributed by atoms with Gasteiger partial charge in [0.1, 0.15) is 0 Å². The fourth-order valence-corrected chi connectivity index (χ4v) is 3.18. The smallest absolute Gasteiger partial charge is 0.0997 e. The molecule has 0 spiro atoms. The van der Waals surface area contributed by atoms with Gasteiger partial charge in [0, 0.05) is 56.2 Å². The topological polar surface area (TPSA) is 134 Å². The van der Waals surface area contributed by atoms with Crippen LogP contribution in [0, 0.1) is 28.6 Å². The molecule has 30 heavy (non-hydrogen) atoms. The zero-order chi connectivity index (χ0) is 21.3. The summed E-state index contributed by atoms with van der Waals surface area (Å²) in [5.41, 5.74) is 9.68. The van der Waals surface area contributed by atoms with Gasteiger partial charge in [0.25, 0.3) is 0 Å². The normalized spacial score (nSPS) is 12.8. The van der Waals surface area contributed by atoms with Gasteiger partial charge in [-0.05, 0) is 24.8 Å². The monoisotopic (exact) mass is 401 g/mol. The Labute approximate surface area is 174 Å². The van der Waals surface area contributed by atoms with E-state index in [1.54, 1.807) is 27.8 Å². The predicted octanol–water partition coefficient (Wildman–Crippen LogP) is 2.72. The first kappa shape index (κ1) is 20.7. The van der Waals surface area contributed by atoms with Crippen LogP contribution in [0.25, 0.3) is 22.3 Å². The summed E-state index contributed by atoms with van der Waals surface area (Å²) in [7, 11) is 1.85. The minimum Gasteiger partial charge on any atom is -0.404 e. The molecule has 3 aromatic rings. The van der Waals surface area contributed by atoms with E-state index in [-0.39, 0.29) is 5.92 Å². The summed E-state index contributed by atoms with van der Waals surface area (Å²) in [5.74, 6) is 0.172. The van der Waals surface area contributed by atoms with Crippen molar-refractivity contribution in [2.24, 2.45) is 23.7 Å². The van der Waals surface area contributed by atoms with Crippen molar-refractivity contribution in [3.8, 4) is 23.4 Å². The fourth-order valence-electron chi connectivity index (χ4n) is 3.18. The van der Waals surface area contributed by atoms with Gasteiger partial charge in [-0.3, -0.25) is 9.67 Å². The molecule has 1 unspecified atom stereocenters. The highest BCUT2D eigenvalue weighted by molar-refractivity contribution is 6.11. The van der Waals surface area contributed by atoms with Gasteiger partial charge in [0.2, 0.25) is 0 Å². The van der Waals surface area contributed by atoms with Crippen molar-refractivity contribution in [1.82, 2.24) is 24.4 Å². The second-order valence-electron chi connectivity index (χ2n) is 6.91. The summed E-state index contributed by atoms with van der Waals surface area (Å²) in [6, 6.07) is 6.19. The van der Waals surface area contributed by atoms with E-state index >= 15 is 0 Å². The second kappa shape index (κ2) is 9.99. The van der Waals surface area contributed by atoms with E-state index in [9.17, 15) is 0 Å². The highest BCUT2D eigenvalue weighted by Gasteiger charge is 2.13. The third-order valence-corrected chi connectivity index (χ3v) is 4.78. The Morgan fingerprint density at radius 2 is 2.13 bits per heavy atom. The van der Waals surface area contributed by atoms with E-state index in [1.165, 1.54) is 6.20 Å². The molecule has 2 N–H and O–H groups in total. The number of aryl methyl sites for hydroxylation is 1. The summed E-state index contributed by atoms with van der Waals surface area (Å²) < 4.78 is 3.47. The zero-order valence-electron chi connectivity index (χ0n) is 16.8. The van der Waals surface area contributed by atoms with Gasteiger partial charge < -0.3 is 5.73 Å². The molecule has 9 nitrogen and oxygen atoms in total. The first-order chi connectivity index (χ1) is 14.7. The van der Waals surface area contributed by atoms with Gasteiger partial charge in [0.15, 0.2) is 0 Å². The molecule has 0 aliphatic rings. The van der Waals surface area contributed by atoms with Crippen molar-refractivity contribution in [3.05, 3.63) is 42.7 Å². The zero-order valence-corrected chi connectivity index (χ0v) is 16.8. The maximum atomic E-state index is 8.95. The Balaban J connectivity index is 1.81. The summed E-state index contributed by atoms with van der Waals surface area (Å²) in [6.45, 7) is 0.549. The third-order valence-electron chi connectivity index (χ3n) is 4.78. The van der Waals surface area contributed by atoms with E-state index in [4.69, 9.17) is 21.2 Å². The number of nitrogens with two attached hydrogens (primary N) is 1. The van der Waals surface area contributed by atoms with Crippen LogP contribution in [0.2, 0.25) is 0 Å². The molecule has 0 amide bonds. The average molecular weight is 401 g/mol. The summed E-state index contributed by atoms with van der Waals surface area (Å²) >= 11 is 0. The van der Waals surface area contributed by atoms with Crippen molar-refractivity contribution in [1.29, 1.82) is 10.5 Å². The lowest BCUT2D eigenvalue weighted by Crippen LogP contribution is -2.03. The number of hydrogen-bond acceptors (Lipinski definition) is 7. The minimum absolute atomic E-state index is 0.172. The van der Waals surface area contributed by atoms with Crippen molar-refractivity contribution in [2.45, 2.75) is 25.7 Å². The SMILES string of the molecule is Cn1cc(-c2cn3nccc3c(C(/C=N\CCC(CC#N)CCC#N)=C/N)n2)cn1. The van der Waals surface area contributed by atoms with Gasteiger partial charge in [-0.15, -0.1) is 0 Å². The van der Waals surface area contributed by atoms with Gasteiger partial charge in [-0.25, -0.2) is 9.50 Å². The minimum atomic E-state index is 0.172. The first-order valence-electron chi connectivity index (χ1n) is 9.65. The Kier molecular flexibility index (Phi) is 6.91. The molecule has 0 bridgehead atoms. The number of fused-ring (bicyclic) bond motifs is 1. The lowest BCUT2D eigenvalue weighted by atomic mass is 9.97. The standard InChI is InChI=1S/C21H23N9/c1-29-14-18(13-27-29)19-15-30-20(6-10-26-30)21(28-19)17(11-24)12-25-9-5-16(4-8-23)3-2-7-22/h6,10-16H,2-5,9,24H2,1H3/b17-11+,25-12-. The van der Waals surface area contributed by atoms with Crippen LogP contribution in [0.1, 0.15) is 31.4 Å². The fraction of sp³-hybridized carbons (Fsp3) is 0.333. The maximum absolute atomic E-state index is 8.95.